The number of hydrogen-bond donors (Lipinski definition) is 1. The molecular formula is C20H18F6N4O. The molecule has 0 saturated heterocycles. The number of amides is 1. The molecule has 0 fully saturated rings. The van der Waals surface area contributed by atoms with Crippen LogP contribution in [0.1, 0.15) is 35.8 Å². The first-order valence-corrected chi connectivity index (χ1v) is 9.56. The van der Waals surface area contributed by atoms with Gasteiger partial charge >= 0.3 is 6.18 Å². The molecule has 1 aliphatic carbocycles. The van der Waals surface area contributed by atoms with Crippen LogP contribution >= 0.6 is 0 Å². The summed E-state index contributed by atoms with van der Waals surface area (Å²) in [6.07, 6.45) is -1.86. The minimum absolute atomic E-state index is 0.0613. The Kier molecular flexibility index (Phi) is 5.32. The molecule has 1 aromatic heterocycles. The third-order valence-electron chi connectivity index (χ3n) is 5.68. The van der Waals surface area contributed by atoms with Crippen LogP contribution in [0.2, 0.25) is 0 Å². The maximum atomic E-state index is 14.1. The van der Waals surface area contributed by atoms with Gasteiger partial charge in [0.1, 0.15) is 11.6 Å². The first kappa shape index (κ1) is 21.4. The number of alkyl halides is 3. The molecule has 2 aromatic rings. The van der Waals surface area contributed by atoms with Crippen LogP contribution in [0.25, 0.3) is 0 Å². The molecule has 0 radical (unpaired) electrons. The Hall–Kier alpha value is -2.82. The molecule has 2 aliphatic rings. The molecule has 0 saturated carbocycles. The molecule has 31 heavy (non-hydrogen) atoms. The lowest BCUT2D eigenvalue weighted by molar-refractivity contribution is -0.141. The number of carbonyl (C=O) groups is 1. The van der Waals surface area contributed by atoms with Crippen LogP contribution in [0.4, 0.5) is 26.3 Å². The fourth-order valence-corrected chi connectivity index (χ4v) is 4.04. The van der Waals surface area contributed by atoms with Crippen molar-refractivity contribution in [1.29, 1.82) is 0 Å². The second-order valence-corrected chi connectivity index (χ2v) is 7.69. The summed E-state index contributed by atoms with van der Waals surface area (Å²) in [6.45, 7) is 0.294. The van der Waals surface area contributed by atoms with Gasteiger partial charge in [0.05, 0.1) is 6.54 Å². The van der Waals surface area contributed by atoms with E-state index in [1.165, 1.54) is 9.47 Å². The molecule has 2 N–H and O–H groups in total. The Morgan fingerprint density at radius 1 is 1.10 bits per heavy atom. The zero-order valence-corrected chi connectivity index (χ0v) is 16.1. The van der Waals surface area contributed by atoms with Gasteiger partial charge in [-0.1, -0.05) is 6.08 Å². The van der Waals surface area contributed by atoms with Crippen LogP contribution in [0, 0.1) is 17.5 Å². The maximum Gasteiger partial charge on any atom is 0.434 e. The zero-order valence-electron chi connectivity index (χ0n) is 16.1. The van der Waals surface area contributed by atoms with E-state index in [9.17, 15) is 31.1 Å². The highest BCUT2D eigenvalue weighted by Crippen LogP contribution is 2.35. The van der Waals surface area contributed by atoms with Crippen LogP contribution in [-0.2, 0) is 24.1 Å². The number of allylic oxidation sites excluding steroid dienone is 1. The number of imidazole rings is 1. The Bertz CT molecular complexity index is 1060. The molecule has 2 heterocycles. The molecule has 1 amide bonds. The SMILES string of the molecule is N[C@H]1CC(C(=O)N2CCn3cc(C(F)(F)F)nc3C2)=CC[C@@H]1c1cc(F)c(F)cc1F. The van der Waals surface area contributed by atoms with E-state index in [4.69, 9.17) is 5.73 Å². The van der Waals surface area contributed by atoms with Gasteiger partial charge in [-0.15, -0.1) is 0 Å². The zero-order chi connectivity index (χ0) is 22.5. The Labute approximate surface area is 173 Å². The molecule has 1 aliphatic heterocycles. The van der Waals surface area contributed by atoms with Gasteiger partial charge in [0.25, 0.3) is 0 Å². The number of fused-ring (bicyclic) bond motifs is 1. The lowest BCUT2D eigenvalue weighted by Gasteiger charge is -2.33. The molecular weight excluding hydrogens is 426 g/mol. The fraction of sp³-hybridized carbons (Fsp3) is 0.400. The summed E-state index contributed by atoms with van der Waals surface area (Å²) in [6, 6.07) is 0.526. The van der Waals surface area contributed by atoms with Crippen LogP contribution in [0.3, 0.4) is 0 Å². The number of carbonyl (C=O) groups excluding carboxylic acids is 1. The molecule has 0 unspecified atom stereocenters. The van der Waals surface area contributed by atoms with E-state index in [0.717, 1.165) is 12.3 Å². The largest absolute Gasteiger partial charge is 0.434 e. The van der Waals surface area contributed by atoms with E-state index in [1.54, 1.807) is 6.08 Å². The van der Waals surface area contributed by atoms with Crippen LogP contribution in [0.15, 0.2) is 30.0 Å². The molecule has 0 spiro atoms. The second-order valence-electron chi connectivity index (χ2n) is 7.69. The van der Waals surface area contributed by atoms with Crippen molar-refractivity contribution in [2.45, 2.75) is 44.1 Å². The molecule has 166 valence electrons. The Morgan fingerprint density at radius 2 is 1.81 bits per heavy atom. The predicted molar refractivity (Wildman–Crippen MR) is 97.0 cm³/mol. The van der Waals surface area contributed by atoms with Crippen molar-refractivity contribution >= 4 is 5.91 Å². The van der Waals surface area contributed by atoms with Gasteiger partial charge in [-0.05, 0) is 24.5 Å². The van der Waals surface area contributed by atoms with Crippen molar-refractivity contribution < 1.29 is 31.1 Å². The summed E-state index contributed by atoms with van der Waals surface area (Å²) in [5, 5.41) is 0. The number of aromatic nitrogens is 2. The van der Waals surface area contributed by atoms with Gasteiger partial charge in [-0.25, -0.2) is 18.2 Å². The van der Waals surface area contributed by atoms with Gasteiger partial charge < -0.3 is 15.2 Å². The van der Waals surface area contributed by atoms with E-state index < -0.39 is 41.3 Å². The van der Waals surface area contributed by atoms with E-state index in [1.807, 2.05) is 0 Å². The summed E-state index contributed by atoms with van der Waals surface area (Å²) < 4.78 is 80.8. The van der Waals surface area contributed by atoms with Crippen LogP contribution in [-0.4, -0.2) is 32.9 Å². The third kappa shape index (κ3) is 4.06. The topological polar surface area (TPSA) is 64.2 Å². The molecule has 0 bridgehead atoms. The highest BCUT2D eigenvalue weighted by atomic mass is 19.4. The van der Waals surface area contributed by atoms with E-state index >= 15 is 0 Å². The molecule has 2 atom stereocenters. The number of rotatable bonds is 2. The summed E-state index contributed by atoms with van der Waals surface area (Å²) in [7, 11) is 0. The standard InChI is InChI=1S/C20H18F6N4O/c21-13-7-15(23)14(22)6-12(13)11-2-1-10(5-16(11)27)19(31)30-4-3-29-8-17(20(24,25)26)28-18(29)9-30/h1,6-8,11,16H,2-5,9,27H2/t11-,16+/m1/s1. The predicted octanol–water partition coefficient (Wildman–Crippen LogP) is 3.49. The number of halogens is 6. The van der Waals surface area contributed by atoms with E-state index in [-0.39, 0.29) is 49.8 Å². The number of nitrogens with two attached hydrogens (primary N) is 1. The Morgan fingerprint density at radius 3 is 2.48 bits per heavy atom. The Balaban J connectivity index is 1.49. The van der Waals surface area contributed by atoms with Crippen LogP contribution in [0.5, 0.6) is 0 Å². The monoisotopic (exact) mass is 444 g/mol. The van der Waals surface area contributed by atoms with Crippen molar-refractivity contribution in [3.05, 3.63) is 64.5 Å². The maximum absolute atomic E-state index is 14.1. The van der Waals surface area contributed by atoms with E-state index in [2.05, 4.69) is 4.98 Å². The summed E-state index contributed by atoms with van der Waals surface area (Å²) in [4.78, 5) is 17.9. The van der Waals surface area contributed by atoms with Crippen molar-refractivity contribution in [2.24, 2.45) is 5.73 Å². The number of hydrogen-bond acceptors (Lipinski definition) is 3. The lowest BCUT2D eigenvalue weighted by Crippen LogP contribution is -2.41. The van der Waals surface area contributed by atoms with Gasteiger partial charge in [-0.2, -0.15) is 13.2 Å². The van der Waals surface area contributed by atoms with E-state index in [0.29, 0.717) is 11.6 Å². The summed E-state index contributed by atoms with van der Waals surface area (Å²) >= 11 is 0. The van der Waals surface area contributed by atoms with Gasteiger partial charge in [0.2, 0.25) is 5.91 Å². The second kappa shape index (κ2) is 7.70. The van der Waals surface area contributed by atoms with Crippen molar-refractivity contribution in [3.63, 3.8) is 0 Å². The molecule has 4 rings (SSSR count). The summed E-state index contributed by atoms with van der Waals surface area (Å²) in [5.41, 5.74) is 5.40. The minimum atomic E-state index is -4.57. The normalized spacial score (nSPS) is 21.6. The molecule has 1 aromatic carbocycles. The quantitative estimate of drug-likeness (QED) is 0.570. The fourth-order valence-electron chi connectivity index (χ4n) is 4.04. The smallest absolute Gasteiger partial charge is 0.331 e. The third-order valence-corrected chi connectivity index (χ3v) is 5.68. The van der Waals surface area contributed by atoms with Gasteiger partial charge in [0.15, 0.2) is 17.3 Å². The highest BCUT2D eigenvalue weighted by molar-refractivity contribution is 5.93. The molecule has 5 nitrogen and oxygen atoms in total. The van der Waals surface area contributed by atoms with Gasteiger partial charge in [0, 0.05) is 42.9 Å². The minimum Gasteiger partial charge on any atom is -0.331 e. The average molecular weight is 444 g/mol. The first-order valence-electron chi connectivity index (χ1n) is 9.56. The number of nitrogens with zero attached hydrogens (tertiary/aromatic N) is 3. The summed E-state index contributed by atoms with van der Waals surface area (Å²) in [5.74, 6) is -4.28. The van der Waals surface area contributed by atoms with Crippen LogP contribution < -0.4 is 5.73 Å². The van der Waals surface area contributed by atoms with Crippen molar-refractivity contribution in [1.82, 2.24) is 14.5 Å². The van der Waals surface area contributed by atoms with Crippen molar-refractivity contribution in [2.75, 3.05) is 6.54 Å². The lowest BCUT2D eigenvalue weighted by atomic mass is 9.80. The first-order chi connectivity index (χ1) is 14.5. The molecule has 11 heteroatoms. The highest BCUT2D eigenvalue weighted by Gasteiger charge is 2.37. The average Bonchev–Trinajstić information content (AvgIpc) is 3.14. The van der Waals surface area contributed by atoms with Crippen molar-refractivity contribution in [3.8, 4) is 0 Å². The number of benzene rings is 1. The van der Waals surface area contributed by atoms with Gasteiger partial charge in [-0.3, -0.25) is 4.79 Å².